The number of ether oxygens (including phenoxy) is 1. The molecule has 4 heteroatoms. The predicted octanol–water partition coefficient (Wildman–Crippen LogP) is 1.36. The number of carbonyl (C=O) groups excluding carboxylic acids is 1. The lowest BCUT2D eigenvalue weighted by Crippen LogP contribution is -2.44. The summed E-state index contributed by atoms with van der Waals surface area (Å²) in [6.07, 6.45) is 0.998. The molecule has 4 nitrogen and oxygen atoms in total. The summed E-state index contributed by atoms with van der Waals surface area (Å²) in [5.41, 5.74) is 6.78. The number of benzene rings is 1. The molecule has 1 aromatic carbocycles. The highest BCUT2D eigenvalue weighted by atomic mass is 16.5. The first-order chi connectivity index (χ1) is 9.15. The van der Waals surface area contributed by atoms with Crippen molar-refractivity contribution in [1.82, 2.24) is 4.90 Å². The van der Waals surface area contributed by atoms with E-state index in [0.717, 1.165) is 18.6 Å². The summed E-state index contributed by atoms with van der Waals surface area (Å²) in [5.74, 6) is -0.185. The molecule has 0 bridgehead atoms. The SMILES string of the molecule is CC1OCCC1N(C)C(=O)C(CN)c1ccccc1. The first-order valence-electron chi connectivity index (χ1n) is 6.78. The van der Waals surface area contributed by atoms with Crippen molar-refractivity contribution in [2.24, 2.45) is 5.73 Å². The summed E-state index contributed by atoms with van der Waals surface area (Å²) in [6, 6.07) is 9.89. The Kier molecular flexibility index (Phi) is 4.56. The highest BCUT2D eigenvalue weighted by Crippen LogP contribution is 2.23. The molecule has 0 spiro atoms. The van der Waals surface area contributed by atoms with E-state index in [1.165, 1.54) is 0 Å². The molecule has 2 rings (SSSR count). The Bertz CT molecular complexity index is 421. The molecule has 0 radical (unpaired) electrons. The van der Waals surface area contributed by atoms with Crippen LogP contribution in [0.3, 0.4) is 0 Å². The Morgan fingerprint density at radius 2 is 2.16 bits per heavy atom. The number of likely N-dealkylation sites (N-methyl/N-ethyl adjacent to an activating group) is 1. The Hall–Kier alpha value is -1.39. The van der Waals surface area contributed by atoms with E-state index in [2.05, 4.69) is 0 Å². The van der Waals surface area contributed by atoms with Crippen LogP contribution in [0.2, 0.25) is 0 Å². The summed E-state index contributed by atoms with van der Waals surface area (Å²) in [4.78, 5) is 14.4. The van der Waals surface area contributed by atoms with Crippen LogP contribution in [0.15, 0.2) is 30.3 Å². The number of nitrogens with zero attached hydrogens (tertiary/aromatic N) is 1. The monoisotopic (exact) mass is 262 g/mol. The second kappa shape index (κ2) is 6.17. The van der Waals surface area contributed by atoms with Crippen LogP contribution >= 0.6 is 0 Å². The lowest BCUT2D eigenvalue weighted by molar-refractivity contribution is -0.134. The molecule has 1 aliphatic heterocycles. The highest BCUT2D eigenvalue weighted by molar-refractivity contribution is 5.84. The Labute approximate surface area is 114 Å². The van der Waals surface area contributed by atoms with Crippen molar-refractivity contribution in [3.63, 3.8) is 0 Å². The molecule has 0 saturated carbocycles. The lowest BCUT2D eigenvalue weighted by Gasteiger charge is -2.30. The minimum Gasteiger partial charge on any atom is -0.376 e. The van der Waals surface area contributed by atoms with Crippen molar-refractivity contribution >= 4 is 5.91 Å². The molecule has 2 N–H and O–H groups in total. The smallest absolute Gasteiger partial charge is 0.231 e. The third kappa shape index (κ3) is 2.96. The summed E-state index contributed by atoms with van der Waals surface area (Å²) < 4.78 is 5.53. The standard InChI is InChI=1S/C15H22N2O2/c1-11-14(8-9-19-11)17(2)15(18)13(10-16)12-6-4-3-5-7-12/h3-7,11,13-14H,8-10,16H2,1-2H3. The first-order valence-corrected chi connectivity index (χ1v) is 6.78. The van der Waals surface area contributed by atoms with E-state index in [1.807, 2.05) is 49.2 Å². The van der Waals surface area contributed by atoms with Crippen molar-refractivity contribution in [3.8, 4) is 0 Å². The van der Waals surface area contributed by atoms with Crippen LogP contribution in [0.4, 0.5) is 0 Å². The van der Waals surface area contributed by atoms with Crippen molar-refractivity contribution in [1.29, 1.82) is 0 Å². The van der Waals surface area contributed by atoms with Gasteiger partial charge in [-0.25, -0.2) is 0 Å². The first kappa shape index (κ1) is 14.0. The summed E-state index contributed by atoms with van der Waals surface area (Å²) in [6.45, 7) is 3.07. The number of nitrogens with two attached hydrogens (primary N) is 1. The average molecular weight is 262 g/mol. The largest absolute Gasteiger partial charge is 0.376 e. The molecule has 104 valence electrons. The zero-order valence-corrected chi connectivity index (χ0v) is 11.6. The van der Waals surface area contributed by atoms with Crippen LogP contribution in [0.25, 0.3) is 0 Å². The van der Waals surface area contributed by atoms with E-state index in [9.17, 15) is 4.79 Å². The maximum absolute atomic E-state index is 12.6. The van der Waals surface area contributed by atoms with Gasteiger partial charge in [0.25, 0.3) is 0 Å². The second-order valence-electron chi connectivity index (χ2n) is 5.08. The number of amides is 1. The van der Waals surface area contributed by atoms with Gasteiger partial charge in [-0.3, -0.25) is 4.79 Å². The van der Waals surface area contributed by atoms with Gasteiger partial charge in [0, 0.05) is 20.2 Å². The quantitative estimate of drug-likeness (QED) is 0.891. The number of carbonyl (C=O) groups is 1. The van der Waals surface area contributed by atoms with Crippen molar-refractivity contribution in [2.75, 3.05) is 20.2 Å². The summed E-state index contributed by atoms with van der Waals surface area (Å²) in [7, 11) is 1.85. The number of hydrogen-bond acceptors (Lipinski definition) is 3. The Morgan fingerprint density at radius 1 is 1.47 bits per heavy atom. The molecule has 0 aliphatic carbocycles. The summed E-state index contributed by atoms with van der Waals surface area (Å²) >= 11 is 0. The van der Waals surface area contributed by atoms with Crippen LogP contribution in [0.1, 0.15) is 24.8 Å². The van der Waals surface area contributed by atoms with Gasteiger partial charge in [-0.1, -0.05) is 30.3 Å². The van der Waals surface area contributed by atoms with E-state index in [4.69, 9.17) is 10.5 Å². The van der Waals surface area contributed by atoms with Gasteiger partial charge >= 0.3 is 0 Å². The van der Waals surface area contributed by atoms with Crippen LogP contribution < -0.4 is 5.73 Å². The van der Waals surface area contributed by atoms with Gasteiger partial charge in [0.2, 0.25) is 5.91 Å². The zero-order valence-electron chi connectivity index (χ0n) is 11.6. The molecule has 3 unspecified atom stereocenters. The average Bonchev–Trinajstić information content (AvgIpc) is 2.86. The van der Waals surface area contributed by atoms with Gasteiger partial charge < -0.3 is 15.4 Å². The maximum atomic E-state index is 12.6. The van der Waals surface area contributed by atoms with Gasteiger partial charge in [-0.05, 0) is 18.9 Å². The Balaban J connectivity index is 2.12. The van der Waals surface area contributed by atoms with E-state index < -0.39 is 0 Å². The molecule has 1 aromatic rings. The summed E-state index contributed by atoms with van der Waals surface area (Å²) in [5, 5.41) is 0. The predicted molar refractivity (Wildman–Crippen MR) is 74.8 cm³/mol. The fourth-order valence-electron chi connectivity index (χ4n) is 2.70. The minimum absolute atomic E-state index is 0.0797. The van der Waals surface area contributed by atoms with Crippen molar-refractivity contribution in [2.45, 2.75) is 31.4 Å². The second-order valence-corrected chi connectivity index (χ2v) is 5.08. The van der Waals surface area contributed by atoms with Crippen LogP contribution in [0, 0.1) is 0 Å². The van der Waals surface area contributed by atoms with E-state index in [0.29, 0.717) is 6.54 Å². The van der Waals surface area contributed by atoms with Gasteiger partial charge in [0.05, 0.1) is 18.1 Å². The third-order valence-corrected chi connectivity index (χ3v) is 3.92. The molecule has 0 aromatic heterocycles. The molecule has 1 fully saturated rings. The fourth-order valence-corrected chi connectivity index (χ4v) is 2.70. The molecule has 1 heterocycles. The zero-order chi connectivity index (χ0) is 13.8. The van der Waals surface area contributed by atoms with Gasteiger partial charge in [-0.15, -0.1) is 0 Å². The van der Waals surface area contributed by atoms with Crippen LogP contribution in [-0.4, -0.2) is 43.2 Å². The Morgan fingerprint density at radius 3 is 2.68 bits per heavy atom. The van der Waals surface area contributed by atoms with E-state index in [1.54, 1.807) is 0 Å². The van der Waals surface area contributed by atoms with Gasteiger partial charge in [0.1, 0.15) is 0 Å². The molecular formula is C15H22N2O2. The lowest BCUT2D eigenvalue weighted by atomic mass is 9.96. The maximum Gasteiger partial charge on any atom is 0.231 e. The molecule has 3 atom stereocenters. The number of hydrogen-bond donors (Lipinski definition) is 1. The molecule has 1 saturated heterocycles. The minimum atomic E-state index is -0.265. The molecule has 1 aliphatic rings. The van der Waals surface area contributed by atoms with Gasteiger partial charge in [-0.2, -0.15) is 0 Å². The number of rotatable bonds is 4. The topological polar surface area (TPSA) is 55.6 Å². The van der Waals surface area contributed by atoms with Crippen LogP contribution in [0.5, 0.6) is 0 Å². The fraction of sp³-hybridized carbons (Fsp3) is 0.533. The van der Waals surface area contributed by atoms with Gasteiger partial charge in [0.15, 0.2) is 0 Å². The third-order valence-electron chi connectivity index (χ3n) is 3.92. The normalized spacial score (nSPS) is 24.2. The molecule has 1 amide bonds. The van der Waals surface area contributed by atoms with Crippen molar-refractivity contribution in [3.05, 3.63) is 35.9 Å². The van der Waals surface area contributed by atoms with Crippen molar-refractivity contribution < 1.29 is 9.53 Å². The molecular weight excluding hydrogens is 240 g/mol. The van der Waals surface area contributed by atoms with Crippen LogP contribution in [-0.2, 0) is 9.53 Å². The van der Waals surface area contributed by atoms with E-state index in [-0.39, 0.29) is 24.0 Å². The molecule has 19 heavy (non-hydrogen) atoms. The highest BCUT2D eigenvalue weighted by Gasteiger charge is 2.33. The van der Waals surface area contributed by atoms with E-state index >= 15 is 0 Å².